The first kappa shape index (κ1) is 31.8. The van der Waals surface area contributed by atoms with Gasteiger partial charge in [0.2, 0.25) is 0 Å². The Labute approximate surface area is 262 Å². The molecule has 2 unspecified atom stereocenters. The Morgan fingerprint density at radius 1 is 0.857 bits per heavy atom. The molecule has 221 valence electrons. The molecule has 4 nitrogen and oxygen atoms in total. The van der Waals surface area contributed by atoms with E-state index in [4.69, 9.17) is 14.5 Å². The minimum Gasteiger partial charge on any atom is -0.657 e. The minimum absolute atomic E-state index is 0. The molecule has 42 heavy (non-hydrogen) atoms. The van der Waals surface area contributed by atoms with Gasteiger partial charge in [-0.05, 0) is 30.9 Å². The van der Waals surface area contributed by atoms with E-state index in [0.717, 1.165) is 55.9 Å². The molecule has 1 radical (unpaired) electrons. The SMILES string of the molecule is CC(C)(C)c1cc(-c2nc3ccccc3c3c2oc2ccccc23)[c-]c2ccccc12.CC(O)CC(C)[N-]C(C)C.[Ir]. The van der Waals surface area contributed by atoms with E-state index in [1.165, 1.54) is 10.9 Å². The number of rotatable bonds is 5. The van der Waals surface area contributed by atoms with Crippen LogP contribution in [0, 0.1) is 6.07 Å². The first-order valence-corrected chi connectivity index (χ1v) is 14.6. The molecule has 0 fully saturated rings. The molecule has 0 bridgehead atoms. The van der Waals surface area contributed by atoms with Crippen LogP contribution in [-0.4, -0.2) is 28.3 Å². The molecule has 2 aromatic heterocycles. The second-order valence-electron chi connectivity index (χ2n) is 12.3. The second kappa shape index (κ2) is 13.1. The third kappa shape index (κ3) is 6.76. The summed E-state index contributed by atoms with van der Waals surface area (Å²) >= 11 is 0. The van der Waals surface area contributed by atoms with Crippen LogP contribution < -0.4 is 0 Å². The normalized spacial score (nSPS) is 13.3. The summed E-state index contributed by atoms with van der Waals surface area (Å²) in [7, 11) is 0. The van der Waals surface area contributed by atoms with Gasteiger partial charge in [-0.25, -0.2) is 0 Å². The van der Waals surface area contributed by atoms with Crippen molar-refractivity contribution in [3.05, 3.63) is 95.8 Å². The van der Waals surface area contributed by atoms with Crippen molar-refractivity contribution >= 4 is 43.6 Å². The summed E-state index contributed by atoms with van der Waals surface area (Å²) in [5.41, 5.74) is 5.78. The predicted octanol–water partition coefficient (Wildman–Crippen LogP) is 9.98. The minimum atomic E-state index is -0.225. The second-order valence-corrected chi connectivity index (χ2v) is 12.3. The Balaban J connectivity index is 0.000000320. The number of hydrogen-bond acceptors (Lipinski definition) is 3. The average molecular weight is 737 g/mol. The summed E-state index contributed by atoms with van der Waals surface area (Å²) in [4.78, 5) is 5.07. The Hall–Kier alpha value is -3.08. The number of nitrogens with zero attached hydrogens (tertiary/aromatic N) is 2. The van der Waals surface area contributed by atoms with E-state index in [1.54, 1.807) is 6.92 Å². The van der Waals surface area contributed by atoms with Crippen LogP contribution >= 0.6 is 0 Å². The van der Waals surface area contributed by atoms with Crippen LogP contribution in [0.3, 0.4) is 0 Å². The Bertz CT molecular complexity index is 1800. The fourth-order valence-corrected chi connectivity index (χ4v) is 5.66. The van der Waals surface area contributed by atoms with Crippen LogP contribution in [0.4, 0.5) is 0 Å². The molecule has 5 heteroatoms. The molecule has 4 aromatic carbocycles. The van der Waals surface area contributed by atoms with Gasteiger partial charge in [0.1, 0.15) is 11.2 Å². The van der Waals surface area contributed by atoms with Crippen LogP contribution in [-0.2, 0) is 25.5 Å². The molecular formula is C37H40IrN2O2-2. The quantitative estimate of drug-likeness (QED) is 0.179. The van der Waals surface area contributed by atoms with Crippen molar-refractivity contribution in [3.63, 3.8) is 0 Å². The number of para-hydroxylation sites is 2. The van der Waals surface area contributed by atoms with Crippen LogP contribution in [0.25, 0.3) is 60.2 Å². The monoisotopic (exact) mass is 737 g/mol. The number of furan rings is 1. The smallest absolute Gasteiger partial charge is 0.134 e. The van der Waals surface area contributed by atoms with Gasteiger partial charge in [0, 0.05) is 48.1 Å². The van der Waals surface area contributed by atoms with Gasteiger partial charge in [-0.1, -0.05) is 107 Å². The van der Waals surface area contributed by atoms with E-state index in [2.05, 4.69) is 107 Å². The van der Waals surface area contributed by atoms with Gasteiger partial charge < -0.3 is 14.8 Å². The van der Waals surface area contributed by atoms with Gasteiger partial charge in [0.15, 0.2) is 0 Å². The summed E-state index contributed by atoms with van der Waals surface area (Å²) in [5, 5.41) is 19.0. The van der Waals surface area contributed by atoms with Crippen molar-refractivity contribution in [1.29, 1.82) is 0 Å². The van der Waals surface area contributed by atoms with Crippen molar-refractivity contribution in [2.45, 2.75) is 78.5 Å². The third-order valence-corrected chi connectivity index (χ3v) is 7.29. The standard InChI is InChI=1S/C29H22NO.C8H18NO.Ir/c1-29(2,3)23-17-19(16-18-10-4-5-11-20(18)23)27-28-26(21-12-6-8-14-24(21)30-27)22-13-7-9-15-25(22)31-28;1-6(2)9-7(3)5-8(4)10;/h4-15,17H,1-3H3;6-8,10H,5H2,1-4H3;/q2*-1;. The van der Waals surface area contributed by atoms with Gasteiger partial charge in [-0.3, -0.25) is 4.98 Å². The van der Waals surface area contributed by atoms with Crippen molar-refractivity contribution in [2.75, 3.05) is 0 Å². The average Bonchev–Trinajstić information content (AvgIpc) is 3.31. The molecule has 0 aliphatic heterocycles. The van der Waals surface area contributed by atoms with Crippen molar-refractivity contribution in [1.82, 2.24) is 4.98 Å². The van der Waals surface area contributed by atoms with Crippen LogP contribution in [0.1, 0.15) is 60.5 Å². The van der Waals surface area contributed by atoms with Crippen molar-refractivity contribution in [3.8, 4) is 11.3 Å². The van der Waals surface area contributed by atoms with Gasteiger partial charge in [0.05, 0.1) is 5.52 Å². The van der Waals surface area contributed by atoms with E-state index in [0.29, 0.717) is 12.1 Å². The summed E-state index contributed by atoms with van der Waals surface area (Å²) in [6.07, 6.45) is 0.551. The van der Waals surface area contributed by atoms with Gasteiger partial charge in [0.25, 0.3) is 0 Å². The Morgan fingerprint density at radius 3 is 2.14 bits per heavy atom. The first-order valence-electron chi connectivity index (χ1n) is 14.6. The molecule has 2 atom stereocenters. The zero-order valence-electron chi connectivity index (χ0n) is 25.5. The maximum atomic E-state index is 8.98. The van der Waals surface area contributed by atoms with Gasteiger partial charge in [-0.2, -0.15) is 0 Å². The molecule has 2 heterocycles. The number of aromatic nitrogens is 1. The molecule has 0 saturated carbocycles. The zero-order valence-corrected chi connectivity index (χ0v) is 27.9. The first-order chi connectivity index (χ1) is 19.5. The fraction of sp³-hybridized carbons (Fsp3) is 0.324. The molecule has 0 saturated heterocycles. The van der Waals surface area contributed by atoms with E-state index in [-0.39, 0.29) is 31.6 Å². The molecule has 1 N–H and O–H groups in total. The van der Waals surface area contributed by atoms with E-state index in [1.807, 2.05) is 25.1 Å². The topological polar surface area (TPSA) is 60.4 Å². The maximum Gasteiger partial charge on any atom is 0.134 e. The van der Waals surface area contributed by atoms with Crippen molar-refractivity contribution < 1.29 is 29.6 Å². The molecule has 6 aromatic rings. The molecule has 0 amide bonds. The van der Waals surface area contributed by atoms with E-state index in [9.17, 15) is 0 Å². The van der Waals surface area contributed by atoms with Crippen LogP contribution in [0.5, 0.6) is 0 Å². The number of aliphatic hydroxyl groups excluding tert-OH is 1. The van der Waals surface area contributed by atoms with Gasteiger partial charge in [-0.15, -0.1) is 41.2 Å². The van der Waals surface area contributed by atoms with Crippen molar-refractivity contribution in [2.24, 2.45) is 0 Å². The summed E-state index contributed by atoms with van der Waals surface area (Å²) in [6.45, 7) is 14.7. The molecule has 0 aliphatic carbocycles. The van der Waals surface area contributed by atoms with Crippen LogP contribution in [0.15, 0.2) is 83.3 Å². The maximum absolute atomic E-state index is 8.98. The summed E-state index contributed by atoms with van der Waals surface area (Å²) < 4.78 is 6.40. The summed E-state index contributed by atoms with van der Waals surface area (Å²) in [5.74, 6) is 0. The molecular weight excluding hydrogens is 697 g/mol. The number of aliphatic hydroxyl groups is 1. The number of hydrogen-bond donors (Lipinski definition) is 1. The largest absolute Gasteiger partial charge is 0.657 e. The van der Waals surface area contributed by atoms with Gasteiger partial charge >= 0.3 is 0 Å². The van der Waals surface area contributed by atoms with E-state index >= 15 is 0 Å². The summed E-state index contributed by atoms with van der Waals surface area (Å²) in [6, 6.07) is 31.6. The predicted molar refractivity (Wildman–Crippen MR) is 174 cm³/mol. The molecule has 0 spiro atoms. The number of fused-ring (bicyclic) bond motifs is 6. The Morgan fingerprint density at radius 2 is 1.48 bits per heavy atom. The Kier molecular flexibility index (Phi) is 9.90. The number of pyridine rings is 1. The third-order valence-electron chi connectivity index (χ3n) is 7.29. The zero-order chi connectivity index (χ0) is 29.3. The molecule has 6 rings (SSSR count). The number of benzene rings is 4. The fourth-order valence-electron chi connectivity index (χ4n) is 5.66. The van der Waals surface area contributed by atoms with Crippen LogP contribution in [0.2, 0.25) is 0 Å². The van der Waals surface area contributed by atoms with E-state index < -0.39 is 0 Å². The molecule has 0 aliphatic rings.